The number of anilines is 1. The van der Waals surface area contributed by atoms with E-state index < -0.39 is 0 Å². The van der Waals surface area contributed by atoms with Gasteiger partial charge in [0, 0.05) is 43.7 Å². The van der Waals surface area contributed by atoms with Gasteiger partial charge in [0.25, 0.3) is 0 Å². The number of carbonyl (C=O) groups excluding carboxylic acids is 2. The highest BCUT2D eigenvalue weighted by Crippen LogP contribution is 2.48. The third-order valence-electron chi connectivity index (χ3n) is 7.19. The summed E-state index contributed by atoms with van der Waals surface area (Å²) in [5.41, 5.74) is 3.85. The van der Waals surface area contributed by atoms with Gasteiger partial charge in [-0.25, -0.2) is 4.79 Å². The van der Waals surface area contributed by atoms with Crippen molar-refractivity contribution in [2.75, 3.05) is 44.2 Å². The molecule has 3 aliphatic rings. The molecule has 160 valence electrons. The highest BCUT2D eigenvalue weighted by atomic mass is 16.6. The quantitative estimate of drug-likeness (QED) is 0.705. The SMILES string of the molecule is C#CCOC(=O)N1CCC(N2CCC3(CC2)CN(C(C)=O)c2cccc(C)c23)CC1. The van der Waals surface area contributed by atoms with Crippen LogP contribution in [0.15, 0.2) is 18.2 Å². The zero-order valence-electron chi connectivity index (χ0n) is 18.0. The number of amides is 2. The summed E-state index contributed by atoms with van der Waals surface area (Å²) in [6, 6.07) is 6.83. The lowest BCUT2D eigenvalue weighted by atomic mass is 9.72. The molecule has 1 aromatic carbocycles. The van der Waals surface area contributed by atoms with E-state index in [2.05, 4.69) is 35.9 Å². The lowest BCUT2D eigenvalue weighted by molar-refractivity contribution is -0.116. The highest BCUT2D eigenvalue weighted by molar-refractivity contribution is 5.95. The number of piperidine rings is 2. The van der Waals surface area contributed by atoms with E-state index in [1.165, 1.54) is 11.1 Å². The number of carbonyl (C=O) groups is 2. The first-order valence-corrected chi connectivity index (χ1v) is 10.9. The van der Waals surface area contributed by atoms with Gasteiger partial charge in [0.1, 0.15) is 0 Å². The van der Waals surface area contributed by atoms with Crippen molar-refractivity contribution in [3.05, 3.63) is 29.3 Å². The summed E-state index contributed by atoms with van der Waals surface area (Å²) < 4.78 is 5.05. The van der Waals surface area contributed by atoms with Crippen LogP contribution in [0.5, 0.6) is 0 Å². The Kier molecular flexibility index (Phi) is 5.75. The van der Waals surface area contributed by atoms with E-state index in [0.29, 0.717) is 6.04 Å². The topological polar surface area (TPSA) is 53.1 Å². The predicted octanol–water partition coefficient (Wildman–Crippen LogP) is 2.93. The second-order valence-corrected chi connectivity index (χ2v) is 8.87. The fraction of sp³-hybridized carbons (Fsp3) is 0.583. The first kappa shape index (κ1) is 20.7. The average molecular weight is 410 g/mol. The van der Waals surface area contributed by atoms with E-state index in [0.717, 1.165) is 64.1 Å². The van der Waals surface area contributed by atoms with Gasteiger partial charge in [-0.05, 0) is 62.9 Å². The number of benzene rings is 1. The zero-order chi connectivity index (χ0) is 21.3. The molecule has 3 heterocycles. The molecule has 3 aliphatic heterocycles. The maximum atomic E-state index is 12.3. The van der Waals surface area contributed by atoms with Crippen LogP contribution in [0.2, 0.25) is 0 Å². The lowest BCUT2D eigenvalue weighted by Crippen LogP contribution is -2.52. The van der Waals surface area contributed by atoms with Gasteiger partial charge in [0.2, 0.25) is 5.91 Å². The van der Waals surface area contributed by atoms with Crippen molar-refractivity contribution >= 4 is 17.7 Å². The third kappa shape index (κ3) is 3.67. The molecule has 2 fully saturated rings. The molecule has 0 bridgehead atoms. The Morgan fingerprint density at radius 2 is 1.90 bits per heavy atom. The van der Waals surface area contributed by atoms with E-state index in [4.69, 9.17) is 11.2 Å². The fourth-order valence-electron chi connectivity index (χ4n) is 5.65. The smallest absolute Gasteiger partial charge is 0.410 e. The number of likely N-dealkylation sites (tertiary alicyclic amines) is 2. The summed E-state index contributed by atoms with van der Waals surface area (Å²) >= 11 is 0. The number of terminal acetylenes is 1. The number of ether oxygens (including phenoxy) is 1. The minimum absolute atomic E-state index is 0.0329. The van der Waals surface area contributed by atoms with Gasteiger partial charge >= 0.3 is 6.09 Å². The zero-order valence-corrected chi connectivity index (χ0v) is 18.0. The molecule has 6 heteroatoms. The Labute approximate surface area is 179 Å². The number of rotatable bonds is 2. The maximum absolute atomic E-state index is 12.3. The first-order valence-electron chi connectivity index (χ1n) is 10.9. The molecule has 0 atom stereocenters. The number of nitrogens with zero attached hydrogens (tertiary/aromatic N) is 3. The summed E-state index contributed by atoms with van der Waals surface area (Å²) in [6.45, 7) is 8.18. The van der Waals surface area contributed by atoms with Crippen molar-refractivity contribution in [2.45, 2.75) is 51.0 Å². The van der Waals surface area contributed by atoms with Gasteiger partial charge in [-0.1, -0.05) is 18.1 Å². The third-order valence-corrected chi connectivity index (χ3v) is 7.19. The summed E-state index contributed by atoms with van der Waals surface area (Å²) in [7, 11) is 0. The van der Waals surface area contributed by atoms with Gasteiger partial charge in [-0.15, -0.1) is 6.42 Å². The standard InChI is InChI=1S/C24H31N3O3/c1-4-16-30-23(29)26-12-8-20(9-13-26)25-14-10-24(11-15-25)17-27(19(3)28)21-7-5-6-18(2)22(21)24/h1,5-7,20H,8-17H2,2-3H3. The summed E-state index contributed by atoms with van der Waals surface area (Å²) in [6.07, 6.45) is 8.93. The van der Waals surface area contributed by atoms with Crippen LogP contribution in [0.1, 0.15) is 43.7 Å². The van der Waals surface area contributed by atoms with Crippen LogP contribution in [0.4, 0.5) is 10.5 Å². The molecule has 0 unspecified atom stereocenters. The summed E-state index contributed by atoms with van der Waals surface area (Å²) in [4.78, 5) is 30.6. The molecule has 2 saturated heterocycles. The predicted molar refractivity (Wildman–Crippen MR) is 116 cm³/mol. The Morgan fingerprint density at radius 1 is 1.20 bits per heavy atom. The van der Waals surface area contributed by atoms with E-state index in [9.17, 15) is 9.59 Å². The molecule has 2 amide bonds. The van der Waals surface area contributed by atoms with Crippen molar-refractivity contribution in [3.8, 4) is 12.3 Å². The Morgan fingerprint density at radius 3 is 2.53 bits per heavy atom. The first-order chi connectivity index (χ1) is 14.4. The van der Waals surface area contributed by atoms with Crippen LogP contribution in [0.25, 0.3) is 0 Å². The minimum Gasteiger partial charge on any atom is -0.436 e. The van der Waals surface area contributed by atoms with Crippen molar-refractivity contribution in [1.29, 1.82) is 0 Å². The molecule has 0 radical (unpaired) electrons. The van der Waals surface area contributed by atoms with E-state index in [1.54, 1.807) is 11.8 Å². The Hall–Kier alpha value is -2.52. The second-order valence-electron chi connectivity index (χ2n) is 8.87. The molecule has 6 nitrogen and oxygen atoms in total. The molecular weight excluding hydrogens is 378 g/mol. The Bertz CT molecular complexity index is 859. The molecule has 1 aromatic rings. The number of aryl methyl sites for hydroxylation is 1. The average Bonchev–Trinajstić information content (AvgIpc) is 3.08. The van der Waals surface area contributed by atoms with Gasteiger partial charge in [-0.2, -0.15) is 0 Å². The highest BCUT2D eigenvalue weighted by Gasteiger charge is 2.47. The monoisotopic (exact) mass is 409 g/mol. The van der Waals surface area contributed by atoms with Crippen LogP contribution in [0, 0.1) is 19.3 Å². The van der Waals surface area contributed by atoms with Crippen LogP contribution in [-0.2, 0) is 14.9 Å². The van der Waals surface area contributed by atoms with Crippen molar-refractivity contribution in [3.63, 3.8) is 0 Å². The fourth-order valence-corrected chi connectivity index (χ4v) is 5.65. The largest absolute Gasteiger partial charge is 0.436 e. The molecule has 0 N–H and O–H groups in total. The Balaban J connectivity index is 1.39. The van der Waals surface area contributed by atoms with Gasteiger partial charge < -0.3 is 19.4 Å². The number of fused-ring (bicyclic) bond motifs is 2. The van der Waals surface area contributed by atoms with Crippen LogP contribution >= 0.6 is 0 Å². The molecule has 4 rings (SSSR count). The van der Waals surface area contributed by atoms with Crippen LogP contribution in [0.3, 0.4) is 0 Å². The number of hydrogen-bond donors (Lipinski definition) is 0. The molecular formula is C24H31N3O3. The lowest BCUT2D eigenvalue weighted by Gasteiger charge is -2.45. The van der Waals surface area contributed by atoms with Crippen molar-refractivity contribution in [2.24, 2.45) is 0 Å². The van der Waals surface area contributed by atoms with Gasteiger partial charge in [-0.3, -0.25) is 4.79 Å². The molecule has 0 saturated carbocycles. The summed E-state index contributed by atoms with van der Waals surface area (Å²) in [5.74, 6) is 2.47. The number of hydrogen-bond acceptors (Lipinski definition) is 4. The maximum Gasteiger partial charge on any atom is 0.410 e. The van der Waals surface area contributed by atoms with Crippen molar-refractivity contribution < 1.29 is 14.3 Å². The van der Waals surface area contributed by atoms with Gasteiger partial charge in [0.15, 0.2) is 6.61 Å². The summed E-state index contributed by atoms with van der Waals surface area (Å²) in [5, 5.41) is 0. The molecule has 1 spiro atoms. The van der Waals surface area contributed by atoms with Crippen molar-refractivity contribution in [1.82, 2.24) is 9.80 Å². The van der Waals surface area contributed by atoms with Crippen LogP contribution < -0.4 is 4.90 Å². The van der Waals surface area contributed by atoms with Gasteiger partial charge in [0.05, 0.1) is 0 Å². The normalized spacial score (nSPS) is 21.4. The van der Waals surface area contributed by atoms with E-state index in [1.807, 2.05) is 4.90 Å². The van der Waals surface area contributed by atoms with E-state index >= 15 is 0 Å². The molecule has 0 aromatic heterocycles. The molecule has 30 heavy (non-hydrogen) atoms. The van der Waals surface area contributed by atoms with Crippen LogP contribution in [-0.4, -0.2) is 67.2 Å². The molecule has 0 aliphatic carbocycles. The second kappa shape index (κ2) is 8.31. The van der Waals surface area contributed by atoms with E-state index in [-0.39, 0.29) is 24.0 Å². The minimum atomic E-state index is -0.300.